The molecule has 1 aromatic heterocycles. The molecule has 2 amide bonds. The van der Waals surface area contributed by atoms with Crippen molar-refractivity contribution in [3.05, 3.63) is 53.4 Å². The number of piperazine rings is 1. The number of hydrogen-bond acceptors (Lipinski definition) is 4. The van der Waals surface area contributed by atoms with Gasteiger partial charge in [-0.2, -0.15) is 0 Å². The molecule has 0 bridgehead atoms. The molecule has 0 saturated carbocycles. The van der Waals surface area contributed by atoms with Crippen LogP contribution in [0.5, 0.6) is 0 Å². The summed E-state index contributed by atoms with van der Waals surface area (Å²) < 4.78 is 0. The van der Waals surface area contributed by atoms with Gasteiger partial charge >= 0.3 is 0 Å². The van der Waals surface area contributed by atoms with Crippen LogP contribution in [0.4, 0.5) is 0 Å². The van der Waals surface area contributed by atoms with Gasteiger partial charge in [0.05, 0.1) is 6.54 Å². The van der Waals surface area contributed by atoms with Gasteiger partial charge in [0.2, 0.25) is 11.8 Å². The molecule has 0 aliphatic carbocycles. The van der Waals surface area contributed by atoms with Crippen molar-refractivity contribution in [2.75, 3.05) is 39.3 Å². The van der Waals surface area contributed by atoms with E-state index in [-0.39, 0.29) is 11.8 Å². The molecule has 1 aliphatic rings. The molecule has 3 rings (SSSR count). The highest BCUT2D eigenvalue weighted by Crippen LogP contribution is 2.28. The molecule has 1 aliphatic heterocycles. The summed E-state index contributed by atoms with van der Waals surface area (Å²) in [6.45, 7) is 5.74. The fourth-order valence-electron chi connectivity index (χ4n) is 3.04. The monoisotopic (exact) mass is 383 g/mol. The number of likely N-dealkylation sites (N-methyl/N-ethyl adjacent to an activating group) is 1. The zero-order valence-electron chi connectivity index (χ0n) is 15.6. The molecule has 0 unspecified atom stereocenters. The molecule has 6 heteroatoms. The smallest absolute Gasteiger partial charge is 0.246 e. The molecule has 0 spiro atoms. The van der Waals surface area contributed by atoms with E-state index < -0.39 is 0 Å². The molecule has 142 valence electrons. The lowest BCUT2D eigenvalue weighted by molar-refractivity contribution is -0.128. The van der Waals surface area contributed by atoms with Crippen molar-refractivity contribution >= 4 is 29.2 Å². The van der Waals surface area contributed by atoms with E-state index in [1.807, 2.05) is 42.2 Å². The minimum atomic E-state index is 0.0299. The average Bonchev–Trinajstić information content (AvgIpc) is 3.17. The highest BCUT2D eigenvalue weighted by Gasteiger charge is 2.20. The minimum absolute atomic E-state index is 0.0299. The Morgan fingerprint density at radius 2 is 1.81 bits per heavy atom. The van der Waals surface area contributed by atoms with Crippen molar-refractivity contribution < 1.29 is 9.59 Å². The molecule has 1 N–H and O–H groups in total. The first-order valence-electron chi connectivity index (χ1n) is 9.27. The quantitative estimate of drug-likeness (QED) is 0.781. The van der Waals surface area contributed by atoms with Gasteiger partial charge in [-0.05, 0) is 30.7 Å². The summed E-state index contributed by atoms with van der Waals surface area (Å²) in [5.74, 6) is 0.0754. The van der Waals surface area contributed by atoms with Crippen LogP contribution >= 0.6 is 11.3 Å². The minimum Gasteiger partial charge on any atom is -0.355 e. The third-order valence-corrected chi connectivity index (χ3v) is 5.60. The second-order valence-electron chi connectivity index (χ2n) is 6.46. The van der Waals surface area contributed by atoms with Crippen molar-refractivity contribution in [3.63, 3.8) is 0 Å². The summed E-state index contributed by atoms with van der Waals surface area (Å²) in [6.07, 6.45) is 3.54. The zero-order chi connectivity index (χ0) is 19.1. The third-order valence-electron chi connectivity index (χ3n) is 4.50. The lowest BCUT2D eigenvalue weighted by atomic mass is 10.2. The van der Waals surface area contributed by atoms with Gasteiger partial charge < -0.3 is 10.2 Å². The number of rotatable bonds is 6. The average molecular weight is 384 g/mol. The van der Waals surface area contributed by atoms with Crippen LogP contribution in [0.15, 0.2) is 48.5 Å². The molecule has 0 radical (unpaired) electrons. The van der Waals surface area contributed by atoms with Gasteiger partial charge in [-0.15, -0.1) is 11.3 Å². The zero-order valence-corrected chi connectivity index (χ0v) is 16.4. The van der Waals surface area contributed by atoms with E-state index in [1.54, 1.807) is 17.4 Å². The summed E-state index contributed by atoms with van der Waals surface area (Å²) >= 11 is 1.68. The van der Waals surface area contributed by atoms with Gasteiger partial charge in [0.25, 0.3) is 0 Å². The van der Waals surface area contributed by atoms with Crippen LogP contribution in [-0.2, 0) is 9.59 Å². The predicted octanol–water partition coefficient (Wildman–Crippen LogP) is 2.71. The number of carbonyl (C=O) groups is 2. The van der Waals surface area contributed by atoms with E-state index in [2.05, 4.69) is 28.4 Å². The summed E-state index contributed by atoms with van der Waals surface area (Å²) in [5, 5.41) is 2.81. The predicted molar refractivity (Wildman–Crippen MR) is 110 cm³/mol. The van der Waals surface area contributed by atoms with Gasteiger partial charge in [0, 0.05) is 48.6 Å². The summed E-state index contributed by atoms with van der Waals surface area (Å²) in [4.78, 5) is 30.3. The van der Waals surface area contributed by atoms with Crippen molar-refractivity contribution in [3.8, 4) is 10.4 Å². The van der Waals surface area contributed by atoms with E-state index in [1.165, 1.54) is 10.4 Å². The van der Waals surface area contributed by atoms with Gasteiger partial charge in [-0.25, -0.2) is 0 Å². The van der Waals surface area contributed by atoms with E-state index >= 15 is 0 Å². The summed E-state index contributed by atoms with van der Waals surface area (Å²) in [7, 11) is 0. The Labute approximate surface area is 164 Å². The number of thiophene rings is 1. The molecular weight excluding hydrogens is 358 g/mol. The van der Waals surface area contributed by atoms with Crippen LogP contribution in [0, 0.1) is 0 Å². The van der Waals surface area contributed by atoms with Crippen LogP contribution in [0.2, 0.25) is 0 Å². The molecule has 1 aromatic carbocycles. The van der Waals surface area contributed by atoms with Gasteiger partial charge in [-0.1, -0.05) is 30.3 Å². The normalized spacial score (nSPS) is 15.2. The third kappa shape index (κ3) is 5.52. The lowest BCUT2D eigenvalue weighted by Gasteiger charge is -2.33. The highest BCUT2D eigenvalue weighted by molar-refractivity contribution is 7.16. The van der Waals surface area contributed by atoms with Gasteiger partial charge in [0.1, 0.15) is 0 Å². The molecule has 2 aromatic rings. The largest absolute Gasteiger partial charge is 0.355 e. The standard InChI is InChI=1S/C21H25N3O2S/c1-2-22-20(25)16-23-12-14-24(15-13-23)21(26)11-9-18-8-10-19(27-18)17-6-4-3-5-7-17/h3-11H,2,12-16H2,1H3,(H,22,25)/b11-9+. The van der Waals surface area contributed by atoms with Gasteiger partial charge in [0.15, 0.2) is 0 Å². The van der Waals surface area contributed by atoms with Crippen LogP contribution in [0.3, 0.4) is 0 Å². The first kappa shape index (κ1) is 19.3. The van der Waals surface area contributed by atoms with Crippen LogP contribution in [-0.4, -0.2) is 60.9 Å². The number of hydrogen-bond donors (Lipinski definition) is 1. The number of benzene rings is 1. The van der Waals surface area contributed by atoms with Gasteiger partial charge in [-0.3, -0.25) is 14.5 Å². The Morgan fingerprint density at radius 3 is 2.52 bits per heavy atom. The van der Waals surface area contributed by atoms with Crippen molar-refractivity contribution in [2.24, 2.45) is 0 Å². The number of nitrogens with one attached hydrogen (secondary N) is 1. The van der Waals surface area contributed by atoms with Crippen LogP contribution in [0.1, 0.15) is 11.8 Å². The highest BCUT2D eigenvalue weighted by atomic mass is 32.1. The maximum atomic E-state index is 12.4. The SMILES string of the molecule is CCNC(=O)CN1CCN(C(=O)/C=C/c2ccc(-c3ccccc3)s2)CC1. The van der Waals surface area contributed by atoms with E-state index in [0.717, 1.165) is 18.0 Å². The van der Waals surface area contributed by atoms with Crippen molar-refractivity contribution in [2.45, 2.75) is 6.92 Å². The molecule has 2 heterocycles. The number of nitrogens with zero attached hydrogens (tertiary/aromatic N) is 2. The van der Waals surface area contributed by atoms with Crippen LogP contribution in [0.25, 0.3) is 16.5 Å². The maximum absolute atomic E-state index is 12.4. The van der Waals surface area contributed by atoms with Crippen molar-refractivity contribution in [1.29, 1.82) is 0 Å². The summed E-state index contributed by atoms with van der Waals surface area (Å²) in [6, 6.07) is 14.4. The molecule has 5 nitrogen and oxygen atoms in total. The second-order valence-corrected chi connectivity index (χ2v) is 7.57. The number of amides is 2. The van der Waals surface area contributed by atoms with Crippen molar-refractivity contribution in [1.82, 2.24) is 15.1 Å². The fraction of sp³-hybridized carbons (Fsp3) is 0.333. The first-order valence-corrected chi connectivity index (χ1v) is 10.1. The Hall–Kier alpha value is -2.44. The summed E-state index contributed by atoms with van der Waals surface area (Å²) in [5.41, 5.74) is 1.19. The number of carbonyl (C=O) groups excluding carboxylic acids is 2. The second kappa shape index (κ2) is 9.48. The fourth-order valence-corrected chi connectivity index (χ4v) is 3.96. The molecule has 1 fully saturated rings. The Bertz CT molecular complexity index is 793. The van der Waals surface area contributed by atoms with E-state index in [0.29, 0.717) is 26.2 Å². The topological polar surface area (TPSA) is 52.7 Å². The lowest BCUT2D eigenvalue weighted by Crippen LogP contribution is -2.50. The first-order chi connectivity index (χ1) is 13.2. The maximum Gasteiger partial charge on any atom is 0.246 e. The molecular formula is C21H25N3O2S. The Morgan fingerprint density at radius 1 is 1.07 bits per heavy atom. The Kier molecular flexibility index (Phi) is 6.79. The van der Waals surface area contributed by atoms with Crippen LogP contribution < -0.4 is 5.32 Å². The van der Waals surface area contributed by atoms with E-state index in [4.69, 9.17) is 0 Å². The Balaban J connectivity index is 1.50. The molecule has 0 atom stereocenters. The molecule has 1 saturated heterocycles. The van der Waals surface area contributed by atoms with E-state index in [9.17, 15) is 9.59 Å². The molecule has 27 heavy (non-hydrogen) atoms.